The highest BCUT2D eigenvalue weighted by atomic mass is 16.3. The van der Waals surface area contributed by atoms with Crippen LogP contribution in [0.2, 0.25) is 0 Å². The Kier molecular flexibility index (Phi) is 7.54. The average molecular weight is 651 g/mol. The number of nitrogens with zero attached hydrogens (tertiary/aromatic N) is 2. The van der Waals surface area contributed by atoms with Gasteiger partial charge in [-0.25, -0.2) is 4.98 Å². The van der Waals surface area contributed by atoms with E-state index in [1.54, 1.807) is 0 Å². The van der Waals surface area contributed by atoms with Gasteiger partial charge in [0.25, 0.3) is 0 Å². The van der Waals surface area contributed by atoms with Crippen molar-refractivity contribution in [3.63, 3.8) is 0 Å². The second-order valence-electron chi connectivity index (χ2n) is 12.7. The van der Waals surface area contributed by atoms with E-state index in [4.69, 9.17) is 9.40 Å². The summed E-state index contributed by atoms with van der Waals surface area (Å²) in [7, 11) is 0. The Labute approximate surface area is 296 Å². The second kappa shape index (κ2) is 12.8. The maximum absolute atomic E-state index is 9.18. The van der Waals surface area contributed by atoms with Gasteiger partial charge in [-0.05, 0) is 97.2 Å². The molecule has 51 heavy (non-hydrogen) atoms. The number of aromatic nitrogens is 1. The Morgan fingerprint density at radius 2 is 0.843 bits per heavy atom. The molecular weight excluding hydrogens is 621 g/mol. The van der Waals surface area contributed by atoms with E-state index < -0.39 is 0 Å². The van der Waals surface area contributed by atoms with Gasteiger partial charge in [0.2, 0.25) is 5.89 Å². The lowest BCUT2D eigenvalue weighted by molar-refractivity contribution is 0.620. The van der Waals surface area contributed by atoms with Gasteiger partial charge in [-0.2, -0.15) is 5.26 Å². The Balaban J connectivity index is 1.13. The third-order valence-corrected chi connectivity index (χ3v) is 9.60. The highest BCUT2D eigenvalue weighted by Crippen LogP contribution is 2.41. The van der Waals surface area contributed by atoms with E-state index >= 15 is 0 Å². The Bertz CT molecular complexity index is 2700. The smallest absolute Gasteiger partial charge is 0.227 e. The highest BCUT2D eigenvalue weighted by Gasteiger charge is 2.18. The van der Waals surface area contributed by atoms with E-state index in [1.165, 1.54) is 21.9 Å². The van der Waals surface area contributed by atoms with Gasteiger partial charge >= 0.3 is 0 Å². The van der Waals surface area contributed by atoms with Gasteiger partial charge in [0.15, 0.2) is 5.58 Å². The molecule has 9 rings (SSSR count). The summed E-state index contributed by atoms with van der Waals surface area (Å²) in [6.45, 7) is 0. The normalized spacial score (nSPS) is 11.1. The van der Waals surface area contributed by atoms with Crippen molar-refractivity contribution in [3.05, 3.63) is 188 Å². The third kappa shape index (κ3) is 5.65. The fraction of sp³-hybridized carbons (Fsp3) is 0. The van der Waals surface area contributed by atoms with Crippen LogP contribution in [-0.4, -0.2) is 4.98 Å². The van der Waals surface area contributed by atoms with Crippen molar-refractivity contribution in [1.82, 2.24) is 4.98 Å². The molecule has 0 fully saturated rings. The second-order valence-corrected chi connectivity index (χ2v) is 12.7. The molecule has 0 saturated heterocycles. The lowest BCUT2D eigenvalue weighted by atomic mass is 9.90. The van der Waals surface area contributed by atoms with Gasteiger partial charge in [0.05, 0.1) is 11.6 Å². The van der Waals surface area contributed by atoms with Crippen molar-refractivity contribution in [1.29, 1.82) is 5.26 Å². The average Bonchev–Trinajstić information content (AvgIpc) is 3.65. The SMILES string of the molecule is N#Cc1ccc(-c2ccc(-c3ccc(-c4cc(-c5ccccc5)c5nc(-c6ccc(-c7ccccc7)cc6)oc5c4)c4ccccc34)cc2)cc1. The van der Waals surface area contributed by atoms with Crippen LogP contribution in [0.3, 0.4) is 0 Å². The quantitative estimate of drug-likeness (QED) is 0.180. The molecule has 1 heterocycles. The Hall–Kier alpha value is -7.02. The molecule has 238 valence electrons. The molecule has 0 saturated carbocycles. The lowest BCUT2D eigenvalue weighted by Crippen LogP contribution is -1.88. The molecule has 0 bridgehead atoms. The minimum absolute atomic E-state index is 0.601. The van der Waals surface area contributed by atoms with Crippen LogP contribution in [0, 0.1) is 11.3 Å². The zero-order valence-corrected chi connectivity index (χ0v) is 27.6. The third-order valence-electron chi connectivity index (χ3n) is 9.60. The topological polar surface area (TPSA) is 49.8 Å². The molecule has 0 atom stereocenters. The number of benzene rings is 8. The van der Waals surface area contributed by atoms with E-state index in [1.807, 2.05) is 36.4 Å². The molecule has 0 radical (unpaired) electrons. The summed E-state index contributed by atoms with van der Waals surface area (Å²) in [4.78, 5) is 5.07. The van der Waals surface area contributed by atoms with Crippen LogP contribution in [-0.2, 0) is 0 Å². The van der Waals surface area contributed by atoms with Crippen molar-refractivity contribution < 1.29 is 4.42 Å². The molecule has 0 aliphatic heterocycles. The first-order valence-corrected chi connectivity index (χ1v) is 17.0. The molecule has 8 aromatic carbocycles. The highest BCUT2D eigenvalue weighted by molar-refractivity contribution is 6.07. The van der Waals surface area contributed by atoms with E-state index in [2.05, 4.69) is 152 Å². The number of fused-ring (bicyclic) bond motifs is 2. The van der Waals surface area contributed by atoms with E-state index in [0.717, 1.165) is 61.2 Å². The van der Waals surface area contributed by atoms with Gasteiger partial charge in [0, 0.05) is 11.1 Å². The van der Waals surface area contributed by atoms with Crippen LogP contribution in [0.15, 0.2) is 186 Å². The minimum atomic E-state index is 0.601. The van der Waals surface area contributed by atoms with E-state index in [0.29, 0.717) is 11.5 Å². The van der Waals surface area contributed by atoms with Gasteiger partial charge in [-0.1, -0.05) is 146 Å². The zero-order chi connectivity index (χ0) is 34.1. The van der Waals surface area contributed by atoms with Crippen molar-refractivity contribution in [3.8, 4) is 73.2 Å². The Morgan fingerprint density at radius 3 is 1.43 bits per heavy atom. The molecule has 0 amide bonds. The summed E-state index contributed by atoms with van der Waals surface area (Å²) in [6.07, 6.45) is 0. The van der Waals surface area contributed by atoms with Crippen LogP contribution in [0.1, 0.15) is 5.56 Å². The lowest BCUT2D eigenvalue weighted by Gasteiger charge is -2.14. The maximum atomic E-state index is 9.18. The first kappa shape index (κ1) is 30.1. The molecule has 0 unspecified atom stereocenters. The Morgan fingerprint density at radius 1 is 0.392 bits per heavy atom. The summed E-state index contributed by atoms with van der Waals surface area (Å²) in [6, 6.07) is 65.2. The largest absolute Gasteiger partial charge is 0.436 e. The summed E-state index contributed by atoms with van der Waals surface area (Å²) in [5.74, 6) is 0.601. The molecule has 3 nitrogen and oxygen atoms in total. The van der Waals surface area contributed by atoms with Gasteiger partial charge in [-0.3, -0.25) is 0 Å². The first-order valence-electron chi connectivity index (χ1n) is 17.0. The number of hydrogen-bond donors (Lipinski definition) is 0. The zero-order valence-electron chi connectivity index (χ0n) is 27.6. The molecule has 0 aliphatic carbocycles. The van der Waals surface area contributed by atoms with Crippen LogP contribution >= 0.6 is 0 Å². The molecular formula is C48H30N2O. The fourth-order valence-electron chi connectivity index (χ4n) is 6.96. The predicted molar refractivity (Wildman–Crippen MR) is 209 cm³/mol. The predicted octanol–water partition coefficient (Wildman–Crippen LogP) is 12.9. The summed E-state index contributed by atoms with van der Waals surface area (Å²) in [5, 5.41) is 11.5. The summed E-state index contributed by atoms with van der Waals surface area (Å²) in [5.41, 5.74) is 14.4. The van der Waals surface area contributed by atoms with Crippen LogP contribution in [0.4, 0.5) is 0 Å². The molecule has 0 N–H and O–H groups in total. The maximum Gasteiger partial charge on any atom is 0.227 e. The molecule has 3 heteroatoms. The molecule has 1 aromatic heterocycles. The first-order chi connectivity index (χ1) is 25.2. The minimum Gasteiger partial charge on any atom is -0.436 e. The number of oxazole rings is 1. The van der Waals surface area contributed by atoms with Gasteiger partial charge in [-0.15, -0.1) is 0 Å². The number of rotatable bonds is 6. The van der Waals surface area contributed by atoms with Crippen molar-refractivity contribution in [2.75, 3.05) is 0 Å². The van der Waals surface area contributed by atoms with E-state index in [-0.39, 0.29) is 0 Å². The molecule has 9 aromatic rings. The number of nitriles is 1. The number of hydrogen-bond acceptors (Lipinski definition) is 3. The monoisotopic (exact) mass is 650 g/mol. The van der Waals surface area contributed by atoms with Crippen molar-refractivity contribution >= 4 is 21.9 Å². The van der Waals surface area contributed by atoms with Crippen LogP contribution in [0.25, 0.3) is 89.0 Å². The van der Waals surface area contributed by atoms with Crippen LogP contribution < -0.4 is 0 Å². The van der Waals surface area contributed by atoms with Gasteiger partial charge in [0.1, 0.15) is 5.52 Å². The summed E-state index contributed by atoms with van der Waals surface area (Å²) < 4.78 is 6.56. The van der Waals surface area contributed by atoms with E-state index in [9.17, 15) is 5.26 Å². The van der Waals surface area contributed by atoms with Crippen LogP contribution in [0.5, 0.6) is 0 Å². The van der Waals surface area contributed by atoms with Crippen molar-refractivity contribution in [2.24, 2.45) is 0 Å². The fourth-order valence-corrected chi connectivity index (χ4v) is 6.96. The van der Waals surface area contributed by atoms with Crippen molar-refractivity contribution in [2.45, 2.75) is 0 Å². The molecule has 0 spiro atoms. The summed E-state index contributed by atoms with van der Waals surface area (Å²) >= 11 is 0. The van der Waals surface area contributed by atoms with Gasteiger partial charge < -0.3 is 4.42 Å². The standard InChI is InChI=1S/C48H30N2O/c49-31-32-15-17-34(18-16-32)36-19-23-38(24-20-36)41-27-28-42(44-14-8-7-13-43(41)44)40-29-45(37-11-5-2-6-12-37)47-46(30-40)51-48(50-47)39-25-21-35(22-26-39)33-9-3-1-4-10-33/h1-30H. The molecule has 0 aliphatic rings.